The van der Waals surface area contributed by atoms with Crippen LogP contribution in [-0.4, -0.2) is 22.5 Å². The van der Waals surface area contributed by atoms with Crippen molar-refractivity contribution in [2.45, 2.75) is 6.18 Å². The van der Waals surface area contributed by atoms with Crippen molar-refractivity contribution in [1.82, 2.24) is 0 Å². The zero-order valence-corrected chi connectivity index (χ0v) is 5.53. The third-order valence-corrected chi connectivity index (χ3v) is 0.880. The first-order valence-corrected chi connectivity index (χ1v) is 3.10. The third kappa shape index (κ3) is 7.71. The smallest absolute Gasteiger partial charge is 0.403 e. The van der Waals surface area contributed by atoms with Crippen molar-refractivity contribution in [3.05, 3.63) is 12.3 Å². The van der Waals surface area contributed by atoms with E-state index >= 15 is 0 Å². The summed E-state index contributed by atoms with van der Waals surface area (Å²) in [6.07, 6.45) is -4.21. The van der Waals surface area contributed by atoms with Crippen LogP contribution in [0.2, 0.25) is 0 Å². The van der Waals surface area contributed by atoms with Crippen LogP contribution in [0.25, 0.3) is 0 Å². The van der Waals surface area contributed by atoms with Crippen LogP contribution < -0.4 is 0 Å². The van der Waals surface area contributed by atoms with E-state index in [1.54, 1.807) is 0 Å². The summed E-state index contributed by atoms with van der Waals surface area (Å²) in [4.78, 5) is 0. The number of rotatable bonds is 3. The second kappa shape index (κ2) is 3.68. The lowest BCUT2D eigenvalue weighted by Gasteiger charge is -2.03. The lowest BCUT2D eigenvalue weighted by atomic mass is 10.7. The third-order valence-electron chi connectivity index (χ3n) is 0.402. The normalized spacial score (nSPS) is 11.4. The minimum absolute atomic E-state index is 0.268. The maximum Gasteiger partial charge on any atom is 0.410 e. The van der Waals surface area contributed by atoms with Crippen molar-refractivity contribution in [3.63, 3.8) is 0 Å². The molecule has 0 atom stereocenters. The zero-order valence-electron chi connectivity index (χ0n) is 4.53. The quantitative estimate of drug-likeness (QED) is 0.440. The molecule has 0 fully saturated rings. The molecule has 0 rings (SSSR count). The second-order valence-corrected chi connectivity index (χ2v) is 2.16. The van der Waals surface area contributed by atoms with Gasteiger partial charge in [-0.3, -0.25) is 0 Å². The maximum atomic E-state index is 11.2. The molecule has 0 aliphatic rings. The molecule has 1 nitrogen and oxygen atoms in total. The molecule has 0 aromatic heterocycles. The minimum Gasteiger partial charge on any atom is -0.403 e. The zero-order chi connectivity index (χ0) is 7.33. The van der Waals surface area contributed by atoms with Crippen molar-refractivity contribution in [1.29, 1.82) is 0 Å². The summed E-state index contributed by atoms with van der Waals surface area (Å²) in [6, 6.07) is 0. The van der Waals surface area contributed by atoms with Crippen LogP contribution >= 0.6 is 0 Å². The predicted molar refractivity (Wildman–Crippen MR) is 28.0 cm³/mol. The van der Waals surface area contributed by atoms with Crippen LogP contribution in [0.5, 0.6) is 0 Å². The molecule has 0 amide bonds. The Bertz CT molecular complexity index is 90.3. The molecule has 0 saturated carbocycles. The molecule has 0 N–H and O–H groups in total. The van der Waals surface area contributed by atoms with Gasteiger partial charge in [0.15, 0.2) is 0 Å². The molecular weight excluding hydrogens is 149 g/mol. The molecule has 2 radical (unpaired) electrons. The Labute approximate surface area is 53.5 Å². The van der Waals surface area contributed by atoms with E-state index in [2.05, 4.69) is 11.0 Å². The van der Waals surface area contributed by atoms with Crippen LogP contribution in [0.15, 0.2) is 12.3 Å². The van der Waals surface area contributed by atoms with Gasteiger partial charge in [-0.1, -0.05) is 5.70 Å². The lowest BCUT2D eigenvalue weighted by Crippen LogP contribution is -2.17. The van der Waals surface area contributed by atoms with E-state index < -0.39 is 12.8 Å². The monoisotopic (exact) mass is 154 g/mol. The van der Waals surface area contributed by atoms with Gasteiger partial charge in [0.2, 0.25) is 0 Å². The Balaban J connectivity index is 3.17. The summed E-state index contributed by atoms with van der Waals surface area (Å²) < 4.78 is 37.8. The fraction of sp³-hybridized carbons (Fsp3) is 0.500. The molecule has 0 aromatic carbocycles. The summed E-state index contributed by atoms with van der Waals surface area (Å²) in [6.45, 7) is 2.02. The van der Waals surface area contributed by atoms with Crippen LogP contribution in [0.4, 0.5) is 13.2 Å². The summed E-state index contributed by atoms with van der Waals surface area (Å²) in [7, 11) is -0.268. The summed E-state index contributed by atoms with van der Waals surface area (Å²) in [5.41, 5.74) is 1.30. The van der Waals surface area contributed by atoms with Crippen LogP contribution in [-0.2, 0) is 4.43 Å². The van der Waals surface area contributed by atoms with Crippen LogP contribution in [0, 0.1) is 0 Å². The second-order valence-electron chi connectivity index (χ2n) is 1.23. The van der Waals surface area contributed by atoms with E-state index in [0.717, 1.165) is 0 Å². The molecule has 9 heavy (non-hydrogen) atoms. The molecule has 0 aliphatic carbocycles. The molecule has 0 aliphatic heterocycles. The topological polar surface area (TPSA) is 9.23 Å². The van der Waals surface area contributed by atoms with Crippen molar-refractivity contribution in [2.24, 2.45) is 0 Å². The van der Waals surface area contributed by atoms with E-state index in [0.29, 0.717) is 0 Å². The van der Waals surface area contributed by atoms with Gasteiger partial charge in [-0.2, -0.15) is 13.2 Å². The van der Waals surface area contributed by atoms with Gasteiger partial charge in [0.25, 0.3) is 9.76 Å². The highest BCUT2D eigenvalue weighted by Crippen LogP contribution is 2.13. The molecule has 0 saturated heterocycles. The van der Waals surface area contributed by atoms with Gasteiger partial charge in [0.1, 0.15) is 6.61 Å². The molecular formula is C4H5F3OSi. The average Bonchev–Trinajstić information content (AvgIpc) is 1.63. The van der Waals surface area contributed by atoms with Crippen molar-refractivity contribution in [2.75, 3.05) is 6.61 Å². The van der Waals surface area contributed by atoms with Gasteiger partial charge >= 0.3 is 6.18 Å². The van der Waals surface area contributed by atoms with Gasteiger partial charge in [-0.05, 0) is 0 Å². The summed E-state index contributed by atoms with van der Waals surface area (Å²) >= 11 is 0. The largest absolute Gasteiger partial charge is 0.410 e. The van der Waals surface area contributed by atoms with Gasteiger partial charge < -0.3 is 4.43 Å². The Morgan fingerprint density at radius 2 is 2.11 bits per heavy atom. The maximum absolute atomic E-state index is 11.2. The molecule has 0 unspecified atom stereocenters. The minimum atomic E-state index is -4.21. The standard InChI is InChI=1S/C4H5F3OSi/c1-2-9-8-3-4(5,6)7/h2H,1,3H2. The SMILES string of the molecule is C=C[Si]OCC(F)(F)F. The van der Waals surface area contributed by atoms with E-state index in [-0.39, 0.29) is 9.76 Å². The van der Waals surface area contributed by atoms with Gasteiger partial charge in [0, 0.05) is 0 Å². The predicted octanol–water partition coefficient (Wildman–Crippen LogP) is 1.33. The highest BCUT2D eigenvalue weighted by molar-refractivity contribution is 6.34. The van der Waals surface area contributed by atoms with Crippen molar-refractivity contribution >= 4 is 9.76 Å². The van der Waals surface area contributed by atoms with E-state index in [4.69, 9.17) is 0 Å². The summed E-state index contributed by atoms with van der Waals surface area (Å²) in [5, 5.41) is 0. The molecule has 52 valence electrons. The molecule has 0 bridgehead atoms. The highest BCUT2D eigenvalue weighted by Gasteiger charge is 2.26. The summed E-state index contributed by atoms with van der Waals surface area (Å²) in [5.74, 6) is 0. The fourth-order valence-electron chi connectivity index (χ4n) is 0.182. The van der Waals surface area contributed by atoms with Crippen molar-refractivity contribution < 1.29 is 17.6 Å². The molecule has 0 heterocycles. The van der Waals surface area contributed by atoms with Crippen LogP contribution in [0.1, 0.15) is 0 Å². The van der Waals surface area contributed by atoms with Crippen molar-refractivity contribution in [3.8, 4) is 0 Å². The first kappa shape index (κ1) is 8.71. The first-order valence-electron chi connectivity index (χ1n) is 2.11. The molecule has 0 aromatic rings. The van der Waals surface area contributed by atoms with Gasteiger partial charge in [-0.25, -0.2) is 0 Å². The highest BCUT2D eigenvalue weighted by atomic mass is 28.2. The first-order chi connectivity index (χ1) is 4.06. The average molecular weight is 154 g/mol. The van der Waals surface area contributed by atoms with Gasteiger partial charge in [0.05, 0.1) is 0 Å². The number of hydrogen-bond acceptors (Lipinski definition) is 1. The molecule has 5 heteroatoms. The Kier molecular flexibility index (Phi) is 3.56. The Hall–Kier alpha value is -0.293. The molecule has 0 spiro atoms. The van der Waals surface area contributed by atoms with E-state index in [1.165, 1.54) is 5.70 Å². The van der Waals surface area contributed by atoms with Crippen LogP contribution in [0.3, 0.4) is 0 Å². The van der Waals surface area contributed by atoms with Gasteiger partial charge in [-0.15, -0.1) is 6.58 Å². The number of alkyl halides is 3. The Morgan fingerprint density at radius 3 is 2.44 bits per heavy atom. The Morgan fingerprint density at radius 1 is 1.56 bits per heavy atom. The van der Waals surface area contributed by atoms with E-state index in [9.17, 15) is 13.2 Å². The fourth-order valence-corrected chi connectivity index (χ4v) is 0.547. The lowest BCUT2D eigenvalue weighted by molar-refractivity contribution is -0.153. The number of hydrogen-bond donors (Lipinski definition) is 0. The van der Waals surface area contributed by atoms with E-state index in [1.807, 2.05) is 0 Å². The number of halogens is 3.